The molecule has 0 aliphatic rings. The molecule has 2 aromatic rings. The van der Waals surface area contributed by atoms with E-state index in [9.17, 15) is 20.0 Å². The number of nitro benzene ring substituents is 1. The number of aromatic nitrogens is 2. The van der Waals surface area contributed by atoms with Crippen molar-refractivity contribution in [2.24, 2.45) is 0 Å². The summed E-state index contributed by atoms with van der Waals surface area (Å²) in [5.74, 6) is 0. The number of aryl methyl sites for hydroxylation is 1. The number of nitrogens with zero attached hydrogens (tertiary/aromatic N) is 3. The van der Waals surface area contributed by atoms with E-state index in [1.54, 1.807) is 19.1 Å². The second-order valence-corrected chi connectivity index (χ2v) is 5.43. The Hall–Kier alpha value is -2.54. The molecular weight excluding hydrogens is 286 g/mol. The van der Waals surface area contributed by atoms with Crippen molar-refractivity contribution in [1.29, 1.82) is 0 Å². The molecule has 1 heterocycles. The largest absolute Gasteiger partial charge is 0.386 e. The Morgan fingerprint density at radius 1 is 1.32 bits per heavy atom. The zero-order chi connectivity index (χ0) is 16.5. The maximum atomic E-state index is 12.2. The fraction of sp³-hybridized carbons (Fsp3) is 0.333. The second kappa shape index (κ2) is 5.69. The topological polar surface area (TPSA) is 98.3 Å². The zero-order valence-electron chi connectivity index (χ0n) is 12.6. The maximum absolute atomic E-state index is 12.2. The Balaban J connectivity index is 2.60. The van der Waals surface area contributed by atoms with Crippen LogP contribution in [-0.4, -0.2) is 19.8 Å². The van der Waals surface area contributed by atoms with E-state index in [4.69, 9.17) is 0 Å². The monoisotopic (exact) mass is 303 g/mol. The molecule has 0 fully saturated rings. The lowest BCUT2D eigenvalue weighted by atomic mass is 9.98. The molecule has 1 N–H and O–H groups in total. The van der Waals surface area contributed by atoms with Gasteiger partial charge in [-0.15, -0.1) is 0 Å². The smallest absolute Gasteiger partial charge is 0.272 e. The van der Waals surface area contributed by atoms with Crippen LogP contribution in [0, 0.1) is 10.1 Å². The highest BCUT2D eigenvalue weighted by Gasteiger charge is 2.23. The molecule has 0 saturated carbocycles. The van der Waals surface area contributed by atoms with Crippen molar-refractivity contribution < 1.29 is 10.0 Å². The molecule has 116 valence electrons. The van der Waals surface area contributed by atoms with Crippen LogP contribution in [0.15, 0.2) is 35.1 Å². The number of nitro groups is 1. The first-order valence-electron chi connectivity index (χ1n) is 6.84. The van der Waals surface area contributed by atoms with Crippen molar-refractivity contribution in [2.75, 3.05) is 0 Å². The summed E-state index contributed by atoms with van der Waals surface area (Å²) in [6.07, 6.45) is 0. The third-order valence-corrected chi connectivity index (χ3v) is 3.31. The van der Waals surface area contributed by atoms with E-state index in [1.807, 2.05) is 0 Å². The standard InChI is InChI=1S/C15H17N3O4/c1-4-17-14(19)12(15(2,3)20)9-13(16-17)10-5-7-11(8-6-10)18(21)22/h5-9,20H,4H2,1-3H3. The van der Waals surface area contributed by atoms with Gasteiger partial charge in [-0.1, -0.05) is 0 Å². The first kappa shape index (κ1) is 15.8. The van der Waals surface area contributed by atoms with E-state index in [2.05, 4.69) is 5.10 Å². The van der Waals surface area contributed by atoms with Crippen LogP contribution in [0.4, 0.5) is 5.69 Å². The third kappa shape index (κ3) is 3.04. The van der Waals surface area contributed by atoms with Gasteiger partial charge in [0.05, 0.1) is 21.8 Å². The van der Waals surface area contributed by atoms with Crippen molar-refractivity contribution in [3.63, 3.8) is 0 Å². The fourth-order valence-electron chi connectivity index (χ4n) is 2.09. The van der Waals surface area contributed by atoms with Crippen molar-refractivity contribution in [3.05, 3.63) is 56.4 Å². The average Bonchev–Trinajstić information content (AvgIpc) is 2.46. The number of aliphatic hydroxyl groups is 1. The van der Waals surface area contributed by atoms with E-state index in [0.29, 0.717) is 17.8 Å². The van der Waals surface area contributed by atoms with Crippen LogP contribution < -0.4 is 5.56 Å². The number of rotatable bonds is 4. The van der Waals surface area contributed by atoms with Gasteiger partial charge in [-0.05, 0) is 39.0 Å². The van der Waals surface area contributed by atoms with E-state index in [1.165, 1.54) is 36.7 Å². The highest BCUT2D eigenvalue weighted by Crippen LogP contribution is 2.23. The molecule has 1 aromatic heterocycles. The van der Waals surface area contributed by atoms with Crippen molar-refractivity contribution in [2.45, 2.75) is 32.9 Å². The molecule has 0 unspecified atom stereocenters. The van der Waals surface area contributed by atoms with Gasteiger partial charge in [-0.2, -0.15) is 5.10 Å². The molecule has 0 atom stereocenters. The van der Waals surface area contributed by atoms with Crippen LogP contribution in [0.25, 0.3) is 11.3 Å². The summed E-state index contributed by atoms with van der Waals surface area (Å²) in [5, 5.41) is 25.1. The van der Waals surface area contributed by atoms with Crippen LogP contribution in [0.1, 0.15) is 26.3 Å². The van der Waals surface area contributed by atoms with Crippen LogP contribution in [-0.2, 0) is 12.1 Å². The minimum Gasteiger partial charge on any atom is -0.386 e. The number of hydrogen-bond acceptors (Lipinski definition) is 5. The van der Waals surface area contributed by atoms with Gasteiger partial charge in [0.2, 0.25) is 0 Å². The number of non-ortho nitro benzene ring substituents is 1. The lowest BCUT2D eigenvalue weighted by Gasteiger charge is -2.19. The van der Waals surface area contributed by atoms with E-state index in [0.717, 1.165) is 0 Å². The van der Waals surface area contributed by atoms with E-state index < -0.39 is 10.5 Å². The van der Waals surface area contributed by atoms with Crippen LogP contribution in [0.3, 0.4) is 0 Å². The Bertz CT molecular complexity index is 758. The van der Waals surface area contributed by atoms with Gasteiger partial charge < -0.3 is 5.11 Å². The highest BCUT2D eigenvalue weighted by atomic mass is 16.6. The van der Waals surface area contributed by atoms with Gasteiger partial charge in [0, 0.05) is 24.2 Å². The maximum Gasteiger partial charge on any atom is 0.272 e. The molecule has 0 aliphatic heterocycles. The molecule has 7 nitrogen and oxygen atoms in total. The second-order valence-electron chi connectivity index (χ2n) is 5.43. The Morgan fingerprint density at radius 2 is 1.91 bits per heavy atom. The third-order valence-electron chi connectivity index (χ3n) is 3.31. The number of hydrogen-bond donors (Lipinski definition) is 1. The van der Waals surface area contributed by atoms with E-state index >= 15 is 0 Å². The molecule has 0 spiro atoms. The molecule has 0 bridgehead atoms. The molecule has 0 radical (unpaired) electrons. The van der Waals surface area contributed by atoms with Crippen LogP contribution in [0.5, 0.6) is 0 Å². The molecule has 7 heteroatoms. The van der Waals surface area contributed by atoms with Gasteiger partial charge in [0.25, 0.3) is 11.2 Å². The summed E-state index contributed by atoms with van der Waals surface area (Å²) in [5.41, 5.74) is -0.313. The van der Waals surface area contributed by atoms with Crippen molar-refractivity contribution in [3.8, 4) is 11.3 Å². The predicted molar refractivity (Wildman–Crippen MR) is 81.5 cm³/mol. The number of benzene rings is 1. The summed E-state index contributed by atoms with van der Waals surface area (Å²) in [4.78, 5) is 22.4. The molecular formula is C15H17N3O4. The van der Waals surface area contributed by atoms with Gasteiger partial charge in [0.1, 0.15) is 0 Å². The lowest BCUT2D eigenvalue weighted by Crippen LogP contribution is -2.33. The molecule has 0 saturated heterocycles. The Morgan fingerprint density at radius 3 is 2.36 bits per heavy atom. The Labute approximate surface area is 127 Å². The summed E-state index contributed by atoms with van der Waals surface area (Å²) < 4.78 is 1.27. The summed E-state index contributed by atoms with van der Waals surface area (Å²) in [6, 6.07) is 7.41. The summed E-state index contributed by atoms with van der Waals surface area (Å²) >= 11 is 0. The highest BCUT2D eigenvalue weighted by molar-refractivity contribution is 5.61. The van der Waals surface area contributed by atoms with Gasteiger partial charge in [-0.25, -0.2) is 4.68 Å². The molecule has 22 heavy (non-hydrogen) atoms. The molecule has 0 aliphatic carbocycles. The van der Waals surface area contributed by atoms with Crippen LogP contribution >= 0.6 is 0 Å². The van der Waals surface area contributed by atoms with Gasteiger partial charge >= 0.3 is 0 Å². The first-order chi connectivity index (χ1) is 10.2. The van der Waals surface area contributed by atoms with Crippen LogP contribution in [0.2, 0.25) is 0 Å². The lowest BCUT2D eigenvalue weighted by molar-refractivity contribution is -0.384. The van der Waals surface area contributed by atoms with Crippen molar-refractivity contribution >= 4 is 5.69 Å². The zero-order valence-corrected chi connectivity index (χ0v) is 12.6. The molecule has 1 aromatic carbocycles. The minimum atomic E-state index is -1.30. The first-order valence-corrected chi connectivity index (χ1v) is 6.84. The molecule has 0 amide bonds. The van der Waals surface area contributed by atoms with Gasteiger partial charge in [0.15, 0.2) is 0 Å². The normalized spacial score (nSPS) is 11.5. The van der Waals surface area contributed by atoms with E-state index in [-0.39, 0.29) is 16.8 Å². The Kier molecular flexibility index (Phi) is 4.09. The summed E-state index contributed by atoms with van der Waals surface area (Å²) in [7, 11) is 0. The molecule has 2 rings (SSSR count). The quantitative estimate of drug-likeness (QED) is 0.688. The predicted octanol–water partition coefficient (Wildman–Crippen LogP) is 2.07. The average molecular weight is 303 g/mol. The summed E-state index contributed by atoms with van der Waals surface area (Å²) in [6.45, 7) is 5.21. The fourth-order valence-corrected chi connectivity index (χ4v) is 2.09. The minimum absolute atomic E-state index is 0.0183. The van der Waals surface area contributed by atoms with Crippen molar-refractivity contribution in [1.82, 2.24) is 9.78 Å². The van der Waals surface area contributed by atoms with Gasteiger partial charge in [-0.3, -0.25) is 14.9 Å². The SMILES string of the molecule is CCn1nc(-c2ccc([N+](=O)[O-])cc2)cc(C(C)(C)O)c1=O.